The van der Waals surface area contributed by atoms with Crippen molar-refractivity contribution in [2.75, 3.05) is 65.9 Å². The lowest BCUT2D eigenvalue weighted by atomic mass is 10.2. The molecule has 0 saturated carbocycles. The van der Waals surface area contributed by atoms with Crippen molar-refractivity contribution >= 4 is 29.6 Å². The monoisotopic (exact) mass is 714 g/mol. The van der Waals surface area contributed by atoms with E-state index < -0.39 is 77.0 Å². The van der Waals surface area contributed by atoms with Crippen molar-refractivity contribution in [1.29, 1.82) is 0 Å². The lowest BCUT2D eigenvalue weighted by molar-refractivity contribution is -0.136. The molecular weight excluding hydrogens is 671 g/mol. The SMILES string of the molecule is CCCCC(=O)NC(C)C(=O)NCC(=O)NC(C)C(=O)NCCOCCOCCOCCOCCC(=O)Oc1c(F)c(F)c(F)c(F)c1F. The first-order valence-electron chi connectivity index (χ1n) is 15.5. The molecule has 19 heteroatoms. The molecule has 0 bridgehead atoms. The van der Waals surface area contributed by atoms with E-state index in [1.165, 1.54) is 13.8 Å². The van der Waals surface area contributed by atoms with Gasteiger partial charge in [-0.2, -0.15) is 8.78 Å². The number of halogens is 5. The molecule has 1 aromatic rings. The van der Waals surface area contributed by atoms with E-state index in [-0.39, 0.29) is 71.9 Å². The first-order valence-corrected chi connectivity index (χ1v) is 15.5. The van der Waals surface area contributed by atoms with Crippen LogP contribution < -0.4 is 26.0 Å². The van der Waals surface area contributed by atoms with E-state index in [2.05, 4.69) is 26.0 Å². The number of hydrogen-bond acceptors (Lipinski definition) is 10. The van der Waals surface area contributed by atoms with Crippen molar-refractivity contribution in [3.63, 3.8) is 0 Å². The molecule has 1 rings (SSSR count). The summed E-state index contributed by atoms with van der Waals surface area (Å²) in [7, 11) is 0. The molecule has 2 atom stereocenters. The molecule has 0 aliphatic carbocycles. The van der Waals surface area contributed by atoms with Crippen LogP contribution in [-0.4, -0.2) is 108 Å². The molecule has 0 fully saturated rings. The van der Waals surface area contributed by atoms with Gasteiger partial charge in [0.1, 0.15) is 12.1 Å². The third kappa shape index (κ3) is 17.3. The highest BCUT2D eigenvalue weighted by Gasteiger charge is 2.28. The van der Waals surface area contributed by atoms with E-state index in [4.69, 9.17) is 18.9 Å². The average molecular weight is 715 g/mol. The fraction of sp³-hybridized carbons (Fsp3) is 0.633. The van der Waals surface area contributed by atoms with Crippen LogP contribution >= 0.6 is 0 Å². The first-order chi connectivity index (χ1) is 23.3. The van der Waals surface area contributed by atoms with Gasteiger partial charge in [0.05, 0.1) is 65.8 Å². The number of amides is 4. The highest BCUT2D eigenvalue weighted by atomic mass is 19.2. The van der Waals surface area contributed by atoms with Crippen LogP contribution in [0.5, 0.6) is 5.75 Å². The van der Waals surface area contributed by atoms with E-state index in [1.807, 2.05) is 6.92 Å². The second kappa shape index (κ2) is 24.2. The van der Waals surface area contributed by atoms with Crippen LogP contribution in [-0.2, 0) is 42.9 Å². The summed E-state index contributed by atoms with van der Waals surface area (Å²) < 4.78 is 91.7. The molecule has 0 aliphatic heterocycles. The Morgan fingerprint density at radius 1 is 0.592 bits per heavy atom. The third-order valence-electron chi connectivity index (χ3n) is 6.22. The Morgan fingerprint density at radius 2 is 1.04 bits per heavy atom. The summed E-state index contributed by atoms with van der Waals surface area (Å²) in [4.78, 5) is 59.6. The number of unbranched alkanes of at least 4 members (excludes halogenated alkanes) is 1. The minimum absolute atomic E-state index is 0.0307. The number of ether oxygens (including phenoxy) is 5. The highest BCUT2D eigenvalue weighted by molar-refractivity contribution is 5.92. The summed E-state index contributed by atoms with van der Waals surface area (Å²) in [6.07, 6.45) is 1.34. The summed E-state index contributed by atoms with van der Waals surface area (Å²) in [5, 5.41) is 10.0. The van der Waals surface area contributed by atoms with Crippen LogP contribution in [0.3, 0.4) is 0 Å². The van der Waals surface area contributed by atoms with Gasteiger partial charge in [0.2, 0.25) is 58.5 Å². The minimum atomic E-state index is -2.37. The maximum atomic E-state index is 13.5. The van der Waals surface area contributed by atoms with Crippen LogP contribution in [0, 0.1) is 29.1 Å². The molecular formula is C30H43F5N4O10. The maximum absolute atomic E-state index is 13.5. The highest BCUT2D eigenvalue weighted by Crippen LogP contribution is 2.29. The van der Waals surface area contributed by atoms with Crippen LogP contribution in [0.15, 0.2) is 0 Å². The van der Waals surface area contributed by atoms with Gasteiger partial charge in [-0.15, -0.1) is 0 Å². The predicted molar refractivity (Wildman–Crippen MR) is 161 cm³/mol. The van der Waals surface area contributed by atoms with Gasteiger partial charge in [0, 0.05) is 13.0 Å². The quantitative estimate of drug-likeness (QED) is 0.0287. The van der Waals surface area contributed by atoms with Gasteiger partial charge in [-0.1, -0.05) is 13.3 Å². The molecule has 0 spiro atoms. The van der Waals surface area contributed by atoms with Gasteiger partial charge in [-0.3, -0.25) is 24.0 Å². The molecule has 14 nitrogen and oxygen atoms in total. The lowest BCUT2D eigenvalue weighted by Gasteiger charge is -2.16. The van der Waals surface area contributed by atoms with Gasteiger partial charge in [-0.05, 0) is 20.3 Å². The van der Waals surface area contributed by atoms with Gasteiger partial charge < -0.3 is 45.0 Å². The zero-order valence-electron chi connectivity index (χ0n) is 27.5. The van der Waals surface area contributed by atoms with Crippen molar-refractivity contribution in [3.8, 4) is 5.75 Å². The fourth-order valence-corrected chi connectivity index (χ4v) is 3.55. The van der Waals surface area contributed by atoms with E-state index in [9.17, 15) is 45.9 Å². The van der Waals surface area contributed by atoms with E-state index in [1.54, 1.807) is 0 Å². The molecule has 0 aromatic heterocycles. The Morgan fingerprint density at radius 3 is 1.57 bits per heavy atom. The average Bonchev–Trinajstić information content (AvgIpc) is 3.07. The smallest absolute Gasteiger partial charge is 0.313 e. The molecule has 0 saturated heterocycles. The molecule has 2 unspecified atom stereocenters. The van der Waals surface area contributed by atoms with Crippen molar-refractivity contribution in [3.05, 3.63) is 29.1 Å². The van der Waals surface area contributed by atoms with Gasteiger partial charge in [-0.25, -0.2) is 13.2 Å². The fourth-order valence-electron chi connectivity index (χ4n) is 3.55. The van der Waals surface area contributed by atoms with Crippen LogP contribution in [0.25, 0.3) is 0 Å². The second-order valence-corrected chi connectivity index (χ2v) is 10.3. The zero-order chi connectivity index (χ0) is 36.8. The summed E-state index contributed by atoms with van der Waals surface area (Å²) in [5.41, 5.74) is 0. The number of esters is 1. The first kappa shape index (κ1) is 43.1. The Kier molecular flexibility index (Phi) is 21.3. The molecule has 1 aromatic carbocycles. The molecule has 0 radical (unpaired) electrons. The van der Waals surface area contributed by atoms with Gasteiger partial charge in [0.15, 0.2) is 0 Å². The number of carbonyl (C=O) groups is 5. The predicted octanol–water partition coefficient (Wildman–Crippen LogP) is 1.18. The van der Waals surface area contributed by atoms with Crippen molar-refractivity contribution in [2.45, 2.75) is 58.5 Å². The van der Waals surface area contributed by atoms with Crippen LogP contribution in [0.4, 0.5) is 22.0 Å². The number of benzene rings is 1. The molecule has 49 heavy (non-hydrogen) atoms. The van der Waals surface area contributed by atoms with Gasteiger partial charge in [0.25, 0.3) is 0 Å². The number of nitrogens with one attached hydrogen (secondary N) is 4. The lowest BCUT2D eigenvalue weighted by Crippen LogP contribution is -2.50. The summed E-state index contributed by atoms with van der Waals surface area (Å²) >= 11 is 0. The zero-order valence-corrected chi connectivity index (χ0v) is 27.5. The minimum Gasteiger partial charge on any atom is -0.420 e. The number of hydrogen-bond donors (Lipinski definition) is 4. The van der Waals surface area contributed by atoms with Crippen molar-refractivity contribution in [2.24, 2.45) is 0 Å². The number of carbonyl (C=O) groups excluding carboxylic acids is 5. The standard InChI is InChI=1S/C30H43F5N4O10/c1-4-5-6-20(40)38-19(3)30(44)37-17-21(41)39-18(2)29(43)36-8-10-46-12-14-48-16-15-47-13-11-45-9-7-22(42)49-28-26(34)24(32)23(31)25(33)27(28)35/h18-19H,4-17H2,1-3H3,(H,36,43)(H,37,44)(H,38,40)(H,39,41). The van der Waals surface area contributed by atoms with Gasteiger partial charge >= 0.3 is 5.97 Å². The number of rotatable bonds is 25. The van der Waals surface area contributed by atoms with Crippen LogP contribution in [0.2, 0.25) is 0 Å². The van der Waals surface area contributed by atoms with E-state index in [0.29, 0.717) is 12.8 Å². The van der Waals surface area contributed by atoms with Crippen molar-refractivity contribution < 1.29 is 69.6 Å². The maximum Gasteiger partial charge on any atom is 0.313 e. The normalized spacial score (nSPS) is 12.2. The Labute approximate surface area is 280 Å². The van der Waals surface area contributed by atoms with E-state index >= 15 is 0 Å². The Hall–Kier alpha value is -3.94. The molecule has 0 aliphatic rings. The van der Waals surface area contributed by atoms with E-state index in [0.717, 1.165) is 6.42 Å². The summed E-state index contributed by atoms with van der Waals surface area (Å²) in [5.74, 6) is -16.1. The Bertz CT molecular complexity index is 1210. The molecule has 4 amide bonds. The summed E-state index contributed by atoms with van der Waals surface area (Å²) in [6.45, 7) is 5.66. The second-order valence-electron chi connectivity index (χ2n) is 10.3. The largest absolute Gasteiger partial charge is 0.420 e. The molecule has 278 valence electrons. The Balaban J connectivity index is 2.01. The van der Waals surface area contributed by atoms with Crippen molar-refractivity contribution in [1.82, 2.24) is 21.3 Å². The summed E-state index contributed by atoms with van der Waals surface area (Å²) in [6, 6.07) is -1.68. The molecule has 0 heterocycles. The van der Waals surface area contributed by atoms with Crippen LogP contribution in [0.1, 0.15) is 46.5 Å². The molecule has 4 N–H and O–H groups in total. The topological polar surface area (TPSA) is 180 Å². The third-order valence-corrected chi connectivity index (χ3v) is 6.22.